The molecule has 2 aromatic heterocycles. The summed E-state index contributed by atoms with van der Waals surface area (Å²) in [6.07, 6.45) is 7.04. The zero-order chi connectivity index (χ0) is 19.3. The number of rotatable bonds is 7. The number of aromatic nitrogens is 4. The van der Waals surface area contributed by atoms with E-state index in [4.69, 9.17) is 4.84 Å². The Balaban J connectivity index is 1.48. The quantitative estimate of drug-likeness (QED) is 0.505. The third kappa shape index (κ3) is 4.22. The average Bonchev–Trinajstić information content (AvgIpc) is 3.48. The van der Waals surface area contributed by atoms with Crippen LogP contribution in [0.4, 0.5) is 5.82 Å². The summed E-state index contributed by atoms with van der Waals surface area (Å²) in [5.41, 5.74) is 1.51. The number of amides is 1. The molecular weight excluding hydrogens is 356 g/mol. The van der Waals surface area contributed by atoms with Crippen molar-refractivity contribution in [2.75, 3.05) is 5.32 Å². The van der Waals surface area contributed by atoms with Crippen molar-refractivity contribution in [2.24, 2.45) is 18.1 Å². The van der Waals surface area contributed by atoms with Crippen LogP contribution in [0.1, 0.15) is 30.1 Å². The molecule has 1 amide bonds. The highest BCUT2D eigenvalue weighted by molar-refractivity contribution is 6.10. The van der Waals surface area contributed by atoms with E-state index in [1.165, 1.54) is 0 Å². The Bertz CT molecular complexity index is 995. The van der Waals surface area contributed by atoms with Crippen LogP contribution in [0, 0.1) is 5.92 Å². The number of nitrogens with one attached hydrogen (secondary N) is 1. The lowest BCUT2D eigenvalue weighted by atomic mass is 10.1. The Morgan fingerprint density at radius 2 is 2.04 bits per heavy atom. The first-order valence-corrected chi connectivity index (χ1v) is 9.06. The minimum Gasteiger partial charge on any atom is -0.387 e. The first kappa shape index (κ1) is 17.8. The number of carbonyl (C=O) groups is 1. The highest BCUT2D eigenvalue weighted by atomic mass is 16.6. The highest BCUT2D eigenvalue weighted by Crippen LogP contribution is 2.29. The van der Waals surface area contributed by atoms with Crippen LogP contribution in [0.3, 0.4) is 0 Å². The van der Waals surface area contributed by atoms with Gasteiger partial charge in [-0.1, -0.05) is 35.5 Å². The van der Waals surface area contributed by atoms with Gasteiger partial charge < -0.3 is 14.7 Å². The van der Waals surface area contributed by atoms with Crippen LogP contribution in [0.15, 0.2) is 60.1 Å². The molecule has 8 heteroatoms. The Morgan fingerprint density at radius 1 is 1.21 bits per heavy atom. The minimum absolute atomic E-state index is 0.00438. The first-order valence-electron chi connectivity index (χ1n) is 9.06. The predicted molar refractivity (Wildman–Crippen MR) is 103 cm³/mol. The molecule has 1 aliphatic rings. The van der Waals surface area contributed by atoms with E-state index in [-0.39, 0.29) is 18.4 Å². The molecular formula is C20H20N6O2. The van der Waals surface area contributed by atoms with Gasteiger partial charge in [0, 0.05) is 37.1 Å². The third-order valence-corrected chi connectivity index (χ3v) is 4.33. The van der Waals surface area contributed by atoms with Crippen molar-refractivity contribution in [3.05, 3.63) is 72.2 Å². The van der Waals surface area contributed by atoms with Gasteiger partial charge in [0.25, 0.3) is 0 Å². The van der Waals surface area contributed by atoms with Crippen LogP contribution in [-0.2, 0) is 23.3 Å². The second-order valence-corrected chi connectivity index (χ2v) is 6.56. The van der Waals surface area contributed by atoms with Gasteiger partial charge in [0.05, 0.1) is 0 Å². The molecule has 1 aliphatic carbocycles. The topological polar surface area (TPSA) is 94.3 Å². The van der Waals surface area contributed by atoms with E-state index in [2.05, 4.69) is 25.4 Å². The molecule has 0 saturated heterocycles. The number of anilines is 1. The molecule has 0 bridgehead atoms. The fourth-order valence-corrected chi connectivity index (χ4v) is 2.68. The summed E-state index contributed by atoms with van der Waals surface area (Å²) < 4.78 is 1.87. The van der Waals surface area contributed by atoms with Crippen molar-refractivity contribution in [1.82, 2.24) is 19.5 Å². The smallest absolute Gasteiger partial charge is 0.228 e. The molecule has 8 nitrogen and oxygen atoms in total. The maximum absolute atomic E-state index is 11.9. The van der Waals surface area contributed by atoms with Gasteiger partial charge in [-0.15, -0.1) is 0 Å². The second kappa shape index (κ2) is 7.99. The molecule has 142 valence electrons. The molecule has 0 unspecified atom stereocenters. The molecule has 0 aliphatic heterocycles. The van der Waals surface area contributed by atoms with Crippen LogP contribution in [0.5, 0.6) is 0 Å². The van der Waals surface area contributed by atoms with E-state index in [0.29, 0.717) is 23.2 Å². The summed E-state index contributed by atoms with van der Waals surface area (Å²) in [7, 11) is 1.90. The summed E-state index contributed by atoms with van der Waals surface area (Å²) in [5, 5.41) is 7.09. The molecule has 3 aromatic rings. The Hall–Kier alpha value is -3.55. The van der Waals surface area contributed by atoms with Crippen LogP contribution < -0.4 is 5.32 Å². The SMILES string of the molecule is Cn1ccnc1/C(=N\OCc1nccc(NC(=O)C2CC2)n1)c1ccccc1. The lowest BCUT2D eigenvalue weighted by molar-refractivity contribution is -0.117. The Kier molecular flexibility index (Phi) is 5.09. The summed E-state index contributed by atoms with van der Waals surface area (Å²) in [4.78, 5) is 30.3. The van der Waals surface area contributed by atoms with Gasteiger partial charge in [-0.3, -0.25) is 4.79 Å². The maximum atomic E-state index is 11.9. The molecule has 1 aromatic carbocycles. The number of nitrogens with zero attached hydrogens (tertiary/aromatic N) is 5. The largest absolute Gasteiger partial charge is 0.387 e. The lowest BCUT2D eigenvalue weighted by Crippen LogP contribution is -2.15. The predicted octanol–water partition coefficient (Wildman–Crippen LogP) is 2.53. The van der Waals surface area contributed by atoms with E-state index in [1.54, 1.807) is 18.5 Å². The monoisotopic (exact) mass is 376 g/mol. The van der Waals surface area contributed by atoms with Crippen molar-refractivity contribution in [3.63, 3.8) is 0 Å². The molecule has 1 fully saturated rings. The van der Waals surface area contributed by atoms with Gasteiger partial charge in [0.2, 0.25) is 5.91 Å². The maximum Gasteiger partial charge on any atom is 0.228 e. The van der Waals surface area contributed by atoms with Gasteiger partial charge in [0.15, 0.2) is 24.0 Å². The van der Waals surface area contributed by atoms with E-state index in [9.17, 15) is 4.79 Å². The number of aryl methyl sites for hydroxylation is 1. The van der Waals surface area contributed by atoms with E-state index >= 15 is 0 Å². The van der Waals surface area contributed by atoms with Crippen LogP contribution in [0.2, 0.25) is 0 Å². The lowest BCUT2D eigenvalue weighted by Gasteiger charge is -2.08. The minimum atomic E-state index is 0.00438. The van der Waals surface area contributed by atoms with Gasteiger partial charge in [-0.25, -0.2) is 15.0 Å². The van der Waals surface area contributed by atoms with E-state index in [0.717, 1.165) is 18.4 Å². The van der Waals surface area contributed by atoms with Crippen molar-refractivity contribution < 1.29 is 9.63 Å². The Labute approximate surface area is 162 Å². The fourth-order valence-electron chi connectivity index (χ4n) is 2.68. The molecule has 28 heavy (non-hydrogen) atoms. The number of benzene rings is 1. The summed E-state index contributed by atoms with van der Waals surface area (Å²) in [5.74, 6) is 1.72. The Morgan fingerprint density at radius 3 is 2.75 bits per heavy atom. The fraction of sp³-hybridized carbons (Fsp3) is 0.250. The first-order chi connectivity index (χ1) is 13.7. The van der Waals surface area contributed by atoms with Crippen molar-refractivity contribution in [1.29, 1.82) is 0 Å². The highest BCUT2D eigenvalue weighted by Gasteiger charge is 2.29. The normalized spacial score (nSPS) is 14.0. The van der Waals surface area contributed by atoms with Gasteiger partial charge in [0.1, 0.15) is 5.82 Å². The van der Waals surface area contributed by atoms with Crippen molar-refractivity contribution >= 4 is 17.4 Å². The molecule has 4 rings (SSSR count). The van der Waals surface area contributed by atoms with Crippen LogP contribution >= 0.6 is 0 Å². The zero-order valence-corrected chi connectivity index (χ0v) is 15.4. The third-order valence-electron chi connectivity index (χ3n) is 4.33. The van der Waals surface area contributed by atoms with Gasteiger partial charge in [-0.2, -0.15) is 0 Å². The second-order valence-electron chi connectivity index (χ2n) is 6.56. The molecule has 1 N–H and O–H groups in total. The van der Waals surface area contributed by atoms with E-state index < -0.39 is 0 Å². The standard InChI is InChI=1S/C20H20N6O2/c1-26-12-11-22-19(26)18(14-5-3-2-4-6-14)25-28-13-17-21-10-9-16(23-17)24-20(27)15-7-8-15/h2-6,9-12,15H,7-8,13H2,1H3,(H,21,23,24,27)/b25-18-. The van der Waals surface area contributed by atoms with Crippen LogP contribution in [0.25, 0.3) is 0 Å². The molecule has 0 atom stereocenters. The number of hydrogen-bond donors (Lipinski definition) is 1. The summed E-state index contributed by atoms with van der Waals surface area (Å²) >= 11 is 0. The summed E-state index contributed by atoms with van der Waals surface area (Å²) in [6.45, 7) is 0.0773. The molecule has 2 heterocycles. The number of carbonyl (C=O) groups excluding carboxylic acids is 1. The number of hydrogen-bond acceptors (Lipinski definition) is 6. The number of oxime groups is 1. The van der Waals surface area contributed by atoms with Gasteiger partial charge in [-0.05, 0) is 18.9 Å². The summed E-state index contributed by atoms with van der Waals surface area (Å²) in [6, 6.07) is 11.4. The van der Waals surface area contributed by atoms with Crippen LogP contribution in [-0.4, -0.2) is 31.1 Å². The molecule has 0 spiro atoms. The van der Waals surface area contributed by atoms with Crippen molar-refractivity contribution in [2.45, 2.75) is 19.4 Å². The van der Waals surface area contributed by atoms with Crippen molar-refractivity contribution in [3.8, 4) is 0 Å². The van der Waals surface area contributed by atoms with Gasteiger partial charge >= 0.3 is 0 Å². The molecule has 1 saturated carbocycles. The molecule has 0 radical (unpaired) electrons. The number of imidazole rings is 1. The zero-order valence-electron chi connectivity index (χ0n) is 15.4. The van der Waals surface area contributed by atoms with E-state index in [1.807, 2.05) is 48.1 Å². The average molecular weight is 376 g/mol.